The van der Waals surface area contributed by atoms with Crippen molar-refractivity contribution in [3.8, 4) is 0 Å². The van der Waals surface area contributed by atoms with Gasteiger partial charge in [0, 0.05) is 0 Å². The van der Waals surface area contributed by atoms with E-state index in [0.717, 1.165) is 25.7 Å². The molecule has 0 aromatic rings. The molecule has 1 aliphatic rings. The fraction of sp³-hybridized carbons (Fsp3) is 0.750. The summed E-state index contributed by atoms with van der Waals surface area (Å²) in [6, 6.07) is 0. The topological polar surface area (TPSA) is 63.3 Å². The first-order valence-corrected chi connectivity index (χ1v) is 5.66. The summed E-state index contributed by atoms with van der Waals surface area (Å²) in [7, 11) is 0. The Morgan fingerprint density at radius 3 is 2.27 bits per heavy atom. The molecule has 1 fully saturated rings. The van der Waals surface area contributed by atoms with Crippen LogP contribution in [0.25, 0.3) is 0 Å². The first-order chi connectivity index (χ1) is 7.08. The van der Waals surface area contributed by atoms with Gasteiger partial charge in [-0.15, -0.1) is 0 Å². The minimum Gasteiger partial charge on any atom is -0.481 e. The lowest BCUT2D eigenvalue weighted by Crippen LogP contribution is -2.35. The second-order valence-corrected chi connectivity index (χ2v) is 4.02. The van der Waals surface area contributed by atoms with E-state index in [2.05, 4.69) is 6.58 Å². The molecular weight excluding hydrogens is 190 g/mol. The summed E-state index contributed by atoms with van der Waals surface area (Å²) in [5.74, 6) is -0.738. The highest BCUT2D eigenvalue weighted by Crippen LogP contribution is 2.39. The number of allylic oxidation sites excluding steroid dienone is 1. The van der Waals surface area contributed by atoms with Crippen molar-refractivity contribution in [3.63, 3.8) is 0 Å². The summed E-state index contributed by atoms with van der Waals surface area (Å²) in [6.45, 7) is 8.38. The van der Waals surface area contributed by atoms with E-state index in [1.807, 2.05) is 13.8 Å². The molecule has 0 radical (unpaired) electrons. The van der Waals surface area contributed by atoms with Crippen LogP contribution in [0.2, 0.25) is 0 Å². The second kappa shape index (κ2) is 6.62. The van der Waals surface area contributed by atoms with Crippen LogP contribution in [0.4, 0.5) is 0 Å². The van der Waals surface area contributed by atoms with E-state index in [9.17, 15) is 4.79 Å². The molecule has 1 saturated carbocycles. The Morgan fingerprint density at radius 2 is 1.93 bits per heavy atom. The number of rotatable bonds is 3. The lowest BCUT2D eigenvalue weighted by molar-refractivity contribution is -0.140. The van der Waals surface area contributed by atoms with E-state index in [4.69, 9.17) is 10.8 Å². The lowest BCUT2D eigenvalue weighted by Gasteiger charge is -2.35. The average Bonchev–Trinajstić information content (AvgIpc) is 2.24. The van der Waals surface area contributed by atoms with Gasteiger partial charge in [-0.2, -0.15) is 0 Å². The van der Waals surface area contributed by atoms with Crippen molar-refractivity contribution in [2.45, 2.75) is 46.0 Å². The molecular formula is C12H23NO2. The molecule has 15 heavy (non-hydrogen) atoms. The van der Waals surface area contributed by atoms with Crippen molar-refractivity contribution in [2.24, 2.45) is 11.1 Å². The van der Waals surface area contributed by atoms with Crippen molar-refractivity contribution in [1.82, 2.24) is 0 Å². The Kier molecular flexibility index (Phi) is 6.25. The fourth-order valence-corrected chi connectivity index (χ4v) is 1.91. The largest absolute Gasteiger partial charge is 0.481 e. The summed E-state index contributed by atoms with van der Waals surface area (Å²) in [6.07, 6.45) is 3.84. The van der Waals surface area contributed by atoms with E-state index >= 15 is 0 Å². The van der Waals surface area contributed by atoms with E-state index in [1.54, 1.807) is 0 Å². The van der Waals surface area contributed by atoms with Gasteiger partial charge in [-0.05, 0) is 37.6 Å². The molecule has 0 aromatic heterocycles. The number of carboxylic acids is 1. The van der Waals surface area contributed by atoms with Crippen LogP contribution in [0.5, 0.6) is 0 Å². The zero-order valence-electron chi connectivity index (χ0n) is 9.88. The van der Waals surface area contributed by atoms with Gasteiger partial charge in [0.15, 0.2) is 0 Å². The molecule has 0 aromatic carbocycles. The van der Waals surface area contributed by atoms with Crippen LogP contribution in [0, 0.1) is 5.41 Å². The molecule has 0 atom stereocenters. The Labute approximate surface area is 92.4 Å². The zero-order chi connectivity index (χ0) is 11.9. The Balaban J connectivity index is 0.000000921. The molecule has 0 spiro atoms. The number of aliphatic carboxylic acids is 1. The van der Waals surface area contributed by atoms with Gasteiger partial charge in [-0.1, -0.05) is 26.0 Å². The van der Waals surface area contributed by atoms with Gasteiger partial charge in [0.2, 0.25) is 0 Å². The molecule has 3 heteroatoms. The quantitative estimate of drug-likeness (QED) is 0.708. The molecule has 0 heterocycles. The van der Waals surface area contributed by atoms with Crippen LogP contribution in [0.15, 0.2) is 12.2 Å². The van der Waals surface area contributed by atoms with Crippen LogP contribution in [-0.4, -0.2) is 17.6 Å². The van der Waals surface area contributed by atoms with Gasteiger partial charge in [-0.3, -0.25) is 4.79 Å². The van der Waals surface area contributed by atoms with Gasteiger partial charge in [0.25, 0.3) is 0 Å². The molecule has 1 rings (SSSR count). The van der Waals surface area contributed by atoms with Gasteiger partial charge in [0.05, 0.1) is 6.42 Å². The highest BCUT2D eigenvalue weighted by Gasteiger charge is 2.33. The third-order valence-corrected chi connectivity index (χ3v) is 2.98. The molecule has 0 amide bonds. The Hall–Kier alpha value is -0.830. The minimum atomic E-state index is -0.738. The highest BCUT2D eigenvalue weighted by atomic mass is 16.4. The van der Waals surface area contributed by atoms with Gasteiger partial charge in [-0.25, -0.2) is 0 Å². The molecule has 0 bridgehead atoms. The summed E-state index contributed by atoms with van der Waals surface area (Å²) >= 11 is 0. The van der Waals surface area contributed by atoms with E-state index in [0.29, 0.717) is 6.54 Å². The normalized spacial score (nSPS) is 19.0. The first-order valence-electron chi connectivity index (χ1n) is 5.66. The van der Waals surface area contributed by atoms with Crippen LogP contribution in [-0.2, 0) is 4.79 Å². The van der Waals surface area contributed by atoms with Crippen molar-refractivity contribution >= 4 is 5.97 Å². The molecule has 0 saturated heterocycles. The van der Waals surface area contributed by atoms with Crippen LogP contribution in [0.3, 0.4) is 0 Å². The summed E-state index contributed by atoms with van der Waals surface area (Å²) in [5, 5.41) is 8.75. The zero-order valence-corrected chi connectivity index (χ0v) is 9.88. The monoisotopic (exact) mass is 213 g/mol. The third-order valence-electron chi connectivity index (χ3n) is 2.98. The summed E-state index contributed by atoms with van der Waals surface area (Å²) in [5.41, 5.74) is 6.71. The van der Waals surface area contributed by atoms with Crippen molar-refractivity contribution in [1.29, 1.82) is 0 Å². The molecule has 3 N–H and O–H groups in total. The number of carboxylic acid groups (broad SMARTS) is 1. The predicted octanol–water partition coefficient (Wildman–Crippen LogP) is 2.56. The first kappa shape index (κ1) is 14.2. The molecule has 0 unspecified atom stereocenters. The van der Waals surface area contributed by atoms with Crippen LogP contribution in [0.1, 0.15) is 46.0 Å². The van der Waals surface area contributed by atoms with Crippen LogP contribution < -0.4 is 5.73 Å². The second-order valence-electron chi connectivity index (χ2n) is 4.02. The minimum absolute atomic E-state index is 0.160. The highest BCUT2D eigenvalue weighted by molar-refractivity contribution is 5.67. The average molecular weight is 213 g/mol. The number of nitrogens with two attached hydrogens (primary N) is 1. The van der Waals surface area contributed by atoms with Crippen LogP contribution >= 0.6 is 0 Å². The SMILES string of the molecule is C=C1CCC(CN)(CC(=O)O)CC1.CC. The molecule has 1 aliphatic carbocycles. The fourth-order valence-electron chi connectivity index (χ4n) is 1.91. The van der Waals surface area contributed by atoms with E-state index < -0.39 is 5.97 Å². The molecule has 3 nitrogen and oxygen atoms in total. The summed E-state index contributed by atoms with van der Waals surface area (Å²) in [4.78, 5) is 10.6. The summed E-state index contributed by atoms with van der Waals surface area (Å²) < 4.78 is 0. The maximum atomic E-state index is 10.6. The van der Waals surface area contributed by atoms with Gasteiger partial charge >= 0.3 is 5.97 Å². The van der Waals surface area contributed by atoms with Gasteiger partial charge < -0.3 is 10.8 Å². The predicted molar refractivity (Wildman–Crippen MR) is 62.7 cm³/mol. The Morgan fingerprint density at radius 1 is 1.47 bits per heavy atom. The number of carbonyl (C=O) groups is 1. The molecule has 88 valence electrons. The van der Waals surface area contributed by atoms with Crippen molar-refractivity contribution in [2.75, 3.05) is 6.54 Å². The lowest BCUT2D eigenvalue weighted by atomic mass is 9.71. The number of hydrogen-bond donors (Lipinski definition) is 2. The van der Waals surface area contributed by atoms with E-state index in [-0.39, 0.29) is 11.8 Å². The number of hydrogen-bond acceptors (Lipinski definition) is 2. The maximum Gasteiger partial charge on any atom is 0.303 e. The van der Waals surface area contributed by atoms with Crippen molar-refractivity contribution < 1.29 is 9.90 Å². The Bertz CT molecular complexity index is 214. The molecule has 0 aliphatic heterocycles. The maximum absolute atomic E-state index is 10.6. The van der Waals surface area contributed by atoms with Gasteiger partial charge in [0.1, 0.15) is 0 Å². The van der Waals surface area contributed by atoms with Crippen molar-refractivity contribution in [3.05, 3.63) is 12.2 Å². The third kappa shape index (κ3) is 4.47. The standard InChI is InChI=1S/C10H17NO2.C2H6/c1-8-2-4-10(7-11,5-3-8)6-9(12)13;1-2/h1-7,11H2,(H,12,13);1-2H3. The van der Waals surface area contributed by atoms with E-state index in [1.165, 1.54) is 5.57 Å². The smallest absolute Gasteiger partial charge is 0.303 e.